The zero-order valence-electron chi connectivity index (χ0n) is 11.5. The molecule has 1 fully saturated rings. The molecule has 0 saturated carbocycles. The van der Waals surface area contributed by atoms with Crippen molar-refractivity contribution in [1.29, 1.82) is 0 Å². The Hall–Kier alpha value is -0.660. The van der Waals surface area contributed by atoms with E-state index in [1.807, 2.05) is 6.92 Å². The SMILES string of the molecule is CC(N)C1CCN(CCS(=O)(=O)CCC(N)=O)CC1. The fourth-order valence-electron chi connectivity index (χ4n) is 2.33. The number of likely N-dealkylation sites (tertiary alicyclic amines) is 1. The van der Waals surface area contributed by atoms with E-state index >= 15 is 0 Å². The summed E-state index contributed by atoms with van der Waals surface area (Å²) in [6, 6.07) is 0.210. The molecule has 0 aromatic carbocycles. The summed E-state index contributed by atoms with van der Waals surface area (Å²) in [6.45, 7) is 4.36. The van der Waals surface area contributed by atoms with E-state index in [1.165, 1.54) is 0 Å². The molecule has 7 heteroatoms. The maximum atomic E-state index is 11.7. The van der Waals surface area contributed by atoms with Crippen LogP contribution in [0.3, 0.4) is 0 Å². The summed E-state index contributed by atoms with van der Waals surface area (Å²) in [5.41, 5.74) is 10.8. The van der Waals surface area contributed by atoms with Crippen molar-refractivity contribution >= 4 is 15.7 Å². The van der Waals surface area contributed by atoms with Gasteiger partial charge in [0.15, 0.2) is 9.84 Å². The zero-order valence-corrected chi connectivity index (χ0v) is 12.4. The highest BCUT2D eigenvalue weighted by Gasteiger charge is 2.23. The van der Waals surface area contributed by atoms with Crippen LogP contribution >= 0.6 is 0 Å². The second-order valence-corrected chi connectivity index (χ2v) is 7.71. The van der Waals surface area contributed by atoms with Gasteiger partial charge < -0.3 is 16.4 Å². The van der Waals surface area contributed by atoms with Gasteiger partial charge in [-0.05, 0) is 38.8 Å². The van der Waals surface area contributed by atoms with Gasteiger partial charge in [0.2, 0.25) is 5.91 Å². The number of nitrogens with two attached hydrogens (primary N) is 2. The Balaban J connectivity index is 2.28. The third-order valence-electron chi connectivity index (χ3n) is 3.75. The van der Waals surface area contributed by atoms with Gasteiger partial charge in [-0.25, -0.2) is 8.42 Å². The number of amides is 1. The largest absolute Gasteiger partial charge is 0.370 e. The maximum absolute atomic E-state index is 11.7. The minimum atomic E-state index is -3.17. The quantitative estimate of drug-likeness (QED) is 0.647. The lowest BCUT2D eigenvalue weighted by Gasteiger charge is -2.33. The Morgan fingerprint density at radius 1 is 1.32 bits per heavy atom. The Bertz CT molecular complexity index is 387. The lowest BCUT2D eigenvalue weighted by Crippen LogP contribution is -2.41. The fraction of sp³-hybridized carbons (Fsp3) is 0.917. The van der Waals surface area contributed by atoms with Gasteiger partial charge in [0.25, 0.3) is 0 Å². The van der Waals surface area contributed by atoms with Crippen molar-refractivity contribution in [1.82, 2.24) is 4.90 Å². The molecule has 0 aromatic heterocycles. The molecule has 1 heterocycles. The number of hydrogen-bond acceptors (Lipinski definition) is 5. The van der Waals surface area contributed by atoms with Crippen molar-refractivity contribution < 1.29 is 13.2 Å². The topological polar surface area (TPSA) is 106 Å². The average molecular weight is 291 g/mol. The first-order valence-electron chi connectivity index (χ1n) is 6.77. The Labute approximate surface area is 115 Å². The summed E-state index contributed by atoms with van der Waals surface area (Å²) in [4.78, 5) is 12.7. The van der Waals surface area contributed by atoms with E-state index in [0.717, 1.165) is 25.9 Å². The molecule has 0 bridgehead atoms. The molecule has 112 valence electrons. The lowest BCUT2D eigenvalue weighted by atomic mass is 9.91. The van der Waals surface area contributed by atoms with Gasteiger partial charge in [-0.1, -0.05) is 0 Å². The van der Waals surface area contributed by atoms with E-state index in [1.54, 1.807) is 0 Å². The van der Waals surface area contributed by atoms with E-state index in [0.29, 0.717) is 12.5 Å². The van der Waals surface area contributed by atoms with Gasteiger partial charge >= 0.3 is 0 Å². The van der Waals surface area contributed by atoms with Crippen molar-refractivity contribution in [3.05, 3.63) is 0 Å². The van der Waals surface area contributed by atoms with Crippen molar-refractivity contribution in [3.63, 3.8) is 0 Å². The van der Waals surface area contributed by atoms with Gasteiger partial charge in [-0.3, -0.25) is 4.79 Å². The van der Waals surface area contributed by atoms with E-state index in [9.17, 15) is 13.2 Å². The molecule has 0 radical (unpaired) electrons. The van der Waals surface area contributed by atoms with Crippen LogP contribution in [-0.4, -0.2) is 56.4 Å². The number of carbonyl (C=O) groups excluding carboxylic acids is 1. The average Bonchev–Trinajstić information content (AvgIpc) is 2.35. The van der Waals surface area contributed by atoms with E-state index < -0.39 is 15.7 Å². The summed E-state index contributed by atoms with van der Waals surface area (Å²) in [6.07, 6.45) is 1.97. The van der Waals surface area contributed by atoms with Gasteiger partial charge in [-0.2, -0.15) is 0 Å². The summed E-state index contributed by atoms with van der Waals surface area (Å²) in [5, 5.41) is 0. The first-order chi connectivity index (χ1) is 8.80. The number of carbonyl (C=O) groups is 1. The van der Waals surface area contributed by atoms with Crippen LogP contribution in [0.1, 0.15) is 26.2 Å². The second-order valence-electron chi connectivity index (χ2n) is 5.41. The highest BCUT2D eigenvalue weighted by Crippen LogP contribution is 2.19. The number of rotatable bonds is 7. The van der Waals surface area contributed by atoms with Crippen molar-refractivity contribution in [3.8, 4) is 0 Å². The molecular weight excluding hydrogens is 266 g/mol. The van der Waals surface area contributed by atoms with Crippen LogP contribution in [0.25, 0.3) is 0 Å². The lowest BCUT2D eigenvalue weighted by molar-refractivity contribution is -0.117. The third kappa shape index (κ3) is 6.35. The molecule has 0 aliphatic carbocycles. The highest BCUT2D eigenvalue weighted by atomic mass is 32.2. The molecule has 0 aromatic rings. The predicted octanol–water partition coefficient (Wildman–Crippen LogP) is -0.664. The molecule has 1 aliphatic heterocycles. The monoisotopic (exact) mass is 291 g/mol. The Morgan fingerprint density at radius 3 is 2.37 bits per heavy atom. The van der Waals surface area contributed by atoms with Crippen LogP contribution < -0.4 is 11.5 Å². The predicted molar refractivity (Wildman–Crippen MR) is 75.3 cm³/mol. The molecule has 6 nitrogen and oxygen atoms in total. The molecular formula is C12H25N3O3S. The number of primary amides is 1. The standard InChI is InChI=1S/C12H25N3O3S/c1-10(13)11-2-5-15(6-3-11)7-9-19(17,18)8-4-12(14)16/h10-11H,2-9,13H2,1H3,(H2,14,16). The Morgan fingerprint density at radius 2 is 1.89 bits per heavy atom. The number of nitrogens with zero attached hydrogens (tertiary/aromatic N) is 1. The first kappa shape index (κ1) is 16.4. The van der Waals surface area contributed by atoms with E-state index in [-0.39, 0.29) is 24.0 Å². The van der Waals surface area contributed by atoms with Gasteiger partial charge in [0.1, 0.15) is 0 Å². The summed E-state index contributed by atoms with van der Waals surface area (Å²) in [5.74, 6) is -0.0640. The highest BCUT2D eigenvalue weighted by molar-refractivity contribution is 7.91. The van der Waals surface area contributed by atoms with Crippen LogP contribution in [0.4, 0.5) is 0 Å². The van der Waals surface area contributed by atoms with Gasteiger partial charge in [0, 0.05) is 19.0 Å². The van der Waals surface area contributed by atoms with Gasteiger partial charge in [0.05, 0.1) is 11.5 Å². The van der Waals surface area contributed by atoms with Crippen LogP contribution in [0.5, 0.6) is 0 Å². The minimum Gasteiger partial charge on any atom is -0.370 e. The summed E-state index contributed by atoms with van der Waals surface area (Å²) in [7, 11) is -3.17. The molecule has 1 unspecified atom stereocenters. The second kappa shape index (κ2) is 7.21. The number of sulfone groups is 1. The minimum absolute atomic E-state index is 0.0882. The molecule has 1 saturated heterocycles. The fourth-order valence-corrected chi connectivity index (χ4v) is 3.58. The number of piperidine rings is 1. The first-order valence-corrected chi connectivity index (χ1v) is 8.59. The van der Waals surface area contributed by atoms with Gasteiger partial charge in [-0.15, -0.1) is 0 Å². The van der Waals surface area contributed by atoms with Crippen LogP contribution in [-0.2, 0) is 14.6 Å². The molecule has 1 atom stereocenters. The molecule has 1 amide bonds. The summed E-state index contributed by atoms with van der Waals surface area (Å²) < 4.78 is 23.4. The van der Waals surface area contributed by atoms with Crippen molar-refractivity contribution in [2.45, 2.75) is 32.2 Å². The smallest absolute Gasteiger partial charge is 0.218 e. The van der Waals surface area contributed by atoms with Crippen LogP contribution in [0, 0.1) is 5.92 Å². The molecule has 19 heavy (non-hydrogen) atoms. The van der Waals surface area contributed by atoms with E-state index in [4.69, 9.17) is 11.5 Å². The third-order valence-corrected chi connectivity index (χ3v) is 5.38. The van der Waals surface area contributed by atoms with Crippen LogP contribution in [0.2, 0.25) is 0 Å². The zero-order chi connectivity index (χ0) is 14.5. The normalized spacial score (nSPS) is 20.3. The summed E-state index contributed by atoms with van der Waals surface area (Å²) >= 11 is 0. The molecule has 1 rings (SSSR count). The van der Waals surface area contributed by atoms with Crippen molar-refractivity contribution in [2.75, 3.05) is 31.1 Å². The molecule has 1 aliphatic rings. The van der Waals surface area contributed by atoms with E-state index in [2.05, 4.69) is 4.90 Å². The Kier molecular flexibility index (Phi) is 6.22. The molecule has 4 N–H and O–H groups in total. The van der Waals surface area contributed by atoms with Crippen molar-refractivity contribution in [2.24, 2.45) is 17.4 Å². The molecule has 0 spiro atoms. The number of hydrogen-bond donors (Lipinski definition) is 2. The van der Waals surface area contributed by atoms with Crippen LogP contribution in [0.15, 0.2) is 0 Å². The maximum Gasteiger partial charge on any atom is 0.218 e.